The van der Waals surface area contributed by atoms with Gasteiger partial charge < -0.3 is 20.2 Å². The number of carboxylic acids is 1. The van der Waals surface area contributed by atoms with Crippen molar-refractivity contribution in [2.45, 2.75) is 19.8 Å². The highest BCUT2D eigenvalue weighted by Gasteiger charge is 2.28. The third-order valence-electron chi connectivity index (χ3n) is 4.24. The maximum absolute atomic E-state index is 12.3. The summed E-state index contributed by atoms with van der Waals surface area (Å²) < 4.78 is 0. The van der Waals surface area contributed by atoms with E-state index in [0.717, 1.165) is 0 Å². The molecule has 2 rings (SSSR count). The maximum Gasteiger partial charge on any atom is 0.321 e. The molecule has 130 valence electrons. The molecule has 7 heteroatoms. The topological polar surface area (TPSA) is 90.0 Å². The van der Waals surface area contributed by atoms with Crippen LogP contribution in [0.3, 0.4) is 0 Å². The Balaban J connectivity index is 2.04. The summed E-state index contributed by atoms with van der Waals surface area (Å²) in [4.78, 5) is 38.7. The molecular weight excluding hydrogens is 310 g/mol. The van der Waals surface area contributed by atoms with Crippen molar-refractivity contribution in [1.82, 2.24) is 9.80 Å². The molecule has 0 radical (unpaired) electrons. The summed E-state index contributed by atoms with van der Waals surface area (Å²) >= 11 is 0. The number of rotatable bonds is 4. The fourth-order valence-corrected chi connectivity index (χ4v) is 2.66. The first kappa shape index (κ1) is 17.8. The number of amides is 3. The van der Waals surface area contributed by atoms with Crippen LogP contribution in [0.1, 0.15) is 30.1 Å². The molecule has 2 N–H and O–H groups in total. The number of aliphatic carboxylic acids is 1. The minimum absolute atomic E-state index is 0.113. The van der Waals surface area contributed by atoms with Crippen molar-refractivity contribution in [2.75, 3.05) is 32.0 Å². The average Bonchev–Trinajstić information content (AvgIpc) is 2.60. The Hall–Kier alpha value is -2.57. The highest BCUT2D eigenvalue weighted by molar-refractivity contribution is 5.96. The van der Waals surface area contributed by atoms with Crippen LogP contribution in [-0.4, -0.2) is 59.5 Å². The van der Waals surface area contributed by atoms with E-state index >= 15 is 0 Å². The number of hydrogen-bond donors (Lipinski definition) is 2. The van der Waals surface area contributed by atoms with Crippen LogP contribution < -0.4 is 5.32 Å². The van der Waals surface area contributed by atoms with Crippen molar-refractivity contribution in [1.29, 1.82) is 0 Å². The number of carbonyl (C=O) groups is 3. The van der Waals surface area contributed by atoms with Crippen molar-refractivity contribution in [2.24, 2.45) is 5.92 Å². The highest BCUT2D eigenvalue weighted by atomic mass is 16.4. The van der Waals surface area contributed by atoms with Crippen LogP contribution in [0, 0.1) is 5.92 Å². The summed E-state index contributed by atoms with van der Waals surface area (Å²) in [6.45, 7) is 3.23. The summed E-state index contributed by atoms with van der Waals surface area (Å²) in [6, 6.07) is 6.41. The summed E-state index contributed by atoms with van der Waals surface area (Å²) in [7, 11) is 1.72. The smallest absolute Gasteiger partial charge is 0.321 e. The van der Waals surface area contributed by atoms with Crippen LogP contribution in [0.5, 0.6) is 0 Å². The van der Waals surface area contributed by atoms with E-state index in [9.17, 15) is 14.4 Å². The summed E-state index contributed by atoms with van der Waals surface area (Å²) in [5.41, 5.74) is 1.02. The zero-order valence-electron chi connectivity index (χ0n) is 14.0. The molecular formula is C17H23N3O4. The number of likely N-dealkylation sites (tertiary alicyclic amines) is 1. The molecule has 1 unspecified atom stereocenters. The molecule has 1 fully saturated rings. The molecule has 7 nitrogen and oxygen atoms in total. The molecule has 1 saturated heterocycles. The van der Waals surface area contributed by atoms with Crippen LogP contribution in [0.25, 0.3) is 0 Å². The molecule has 1 heterocycles. The van der Waals surface area contributed by atoms with E-state index in [0.29, 0.717) is 37.2 Å². The monoisotopic (exact) mass is 333 g/mol. The van der Waals surface area contributed by atoms with Gasteiger partial charge in [0, 0.05) is 37.9 Å². The lowest BCUT2D eigenvalue weighted by atomic mass is 9.99. The van der Waals surface area contributed by atoms with E-state index in [2.05, 4.69) is 5.32 Å². The lowest BCUT2D eigenvalue weighted by Gasteiger charge is -2.30. The first-order valence-corrected chi connectivity index (χ1v) is 8.06. The van der Waals surface area contributed by atoms with Crippen LogP contribution >= 0.6 is 0 Å². The first-order chi connectivity index (χ1) is 11.4. The van der Waals surface area contributed by atoms with Crippen LogP contribution in [0.15, 0.2) is 24.3 Å². The average molecular weight is 333 g/mol. The second-order valence-corrected chi connectivity index (χ2v) is 5.95. The Labute approximate surface area is 141 Å². The molecule has 1 aliphatic rings. The molecule has 24 heavy (non-hydrogen) atoms. The number of carbonyl (C=O) groups excluding carboxylic acids is 2. The number of urea groups is 1. The fraction of sp³-hybridized carbons (Fsp3) is 0.471. The number of carboxylic acid groups (broad SMARTS) is 1. The van der Waals surface area contributed by atoms with Gasteiger partial charge in [0.25, 0.3) is 5.91 Å². The molecule has 1 aliphatic heterocycles. The minimum Gasteiger partial charge on any atom is -0.481 e. The van der Waals surface area contributed by atoms with Crippen molar-refractivity contribution >= 4 is 23.6 Å². The molecule has 0 spiro atoms. The van der Waals surface area contributed by atoms with Crippen molar-refractivity contribution in [3.05, 3.63) is 29.8 Å². The Morgan fingerprint density at radius 1 is 1.38 bits per heavy atom. The van der Waals surface area contributed by atoms with E-state index in [4.69, 9.17) is 5.11 Å². The number of anilines is 1. The van der Waals surface area contributed by atoms with E-state index < -0.39 is 11.9 Å². The molecule has 3 amide bonds. The van der Waals surface area contributed by atoms with E-state index in [1.54, 1.807) is 36.2 Å². The number of benzene rings is 1. The third kappa shape index (κ3) is 4.24. The zero-order valence-corrected chi connectivity index (χ0v) is 14.0. The van der Waals surface area contributed by atoms with Gasteiger partial charge in [-0.15, -0.1) is 0 Å². The van der Waals surface area contributed by atoms with Crippen LogP contribution in [-0.2, 0) is 4.79 Å². The minimum atomic E-state index is -0.873. The third-order valence-corrected chi connectivity index (χ3v) is 4.24. The lowest BCUT2D eigenvalue weighted by Crippen LogP contribution is -2.44. The SMILES string of the molecule is CCN(C)C(=O)c1cccc(NC(=O)N2CCCC(C(=O)O)C2)c1. The highest BCUT2D eigenvalue weighted by Crippen LogP contribution is 2.19. The largest absolute Gasteiger partial charge is 0.481 e. The van der Waals surface area contributed by atoms with Gasteiger partial charge in [0.15, 0.2) is 0 Å². The van der Waals surface area contributed by atoms with Gasteiger partial charge in [-0.3, -0.25) is 9.59 Å². The molecule has 1 atom stereocenters. The second-order valence-electron chi connectivity index (χ2n) is 5.95. The van der Waals surface area contributed by atoms with Gasteiger partial charge in [0.2, 0.25) is 0 Å². The van der Waals surface area contributed by atoms with Gasteiger partial charge in [-0.2, -0.15) is 0 Å². The second kappa shape index (κ2) is 7.81. The molecule has 0 saturated carbocycles. The number of hydrogen-bond acceptors (Lipinski definition) is 3. The maximum atomic E-state index is 12.3. The first-order valence-electron chi connectivity index (χ1n) is 8.06. The summed E-state index contributed by atoms with van der Waals surface area (Å²) in [5, 5.41) is 11.8. The Morgan fingerprint density at radius 2 is 2.12 bits per heavy atom. The standard InChI is InChI=1S/C17H23N3O4/c1-3-19(2)15(21)12-6-4-8-14(10-12)18-17(24)20-9-5-7-13(11-20)16(22)23/h4,6,8,10,13H,3,5,7,9,11H2,1-2H3,(H,18,24)(H,22,23). The Morgan fingerprint density at radius 3 is 2.79 bits per heavy atom. The van der Waals surface area contributed by atoms with Gasteiger partial charge in [0.05, 0.1) is 5.92 Å². The zero-order chi connectivity index (χ0) is 17.7. The molecule has 0 aromatic heterocycles. The van der Waals surface area contributed by atoms with Gasteiger partial charge in [-0.1, -0.05) is 6.07 Å². The normalized spacial score (nSPS) is 17.2. The Kier molecular flexibility index (Phi) is 5.78. The van der Waals surface area contributed by atoms with Crippen molar-refractivity contribution < 1.29 is 19.5 Å². The van der Waals surface area contributed by atoms with Gasteiger partial charge >= 0.3 is 12.0 Å². The summed E-state index contributed by atoms with van der Waals surface area (Å²) in [5.74, 6) is -1.50. The predicted octanol–water partition coefficient (Wildman–Crippen LogP) is 2.11. The molecule has 0 bridgehead atoms. The fourth-order valence-electron chi connectivity index (χ4n) is 2.66. The van der Waals surface area contributed by atoms with E-state index in [1.807, 2.05) is 6.92 Å². The quantitative estimate of drug-likeness (QED) is 0.883. The Bertz CT molecular complexity index is 632. The number of piperidine rings is 1. The van der Waals surface area contributed by atoms with Crippen molar-refractivity contribution in [3.8, 4) is 0 Å². The summed E-state index contributed by atoms with van der Waals surface area (Å²) in [6.07, 6.45) is 1.26. The van der Waals surface area contributed by atoms with E-state index in [1.165, 1.54) is 4.90 Å². The van der Waals surface area contributed by atoms with Gasteiger partial charge in [-0.05, 0) is 38.0 Å². The van der Waals surface area contributed by atoms with Crippen LogP contribution in [0.2, 0.25) is 0 Å². The van der Waals surface area contributed by atoms with Gasteiger partial charge in [0.1, 0.15) is 0 Å². The lowest BCUT2D eigenvalue weighted by molar-refractivity contribution is -0.143. The molecule has 1 aromatic carbocycles. The van der Waals surface area contributed by atoms with Crippen LogP contribution in [0.4, 0.5) is 10.5 Å². The van der Waals surface area contributed by atoms with Gasteiger partial charge in [-0.25, -0.2) is 4.79 Å². The van der Waals surface area contributed by atoms with Crippen molar-refractivity contribution in [3.63, 3.8) is 0 Å². The molecule has 0 aliphatic carbocycles. The van der Waals surface area contributed by atoms with E-state index in [-0.39, 0.29) is 18.5 Å². The number of nitrogens with one attached hydrogen (secondary N) is 1. The molecule has 1 aromatic rings. The number of nitrogens with zero attached hydrogens (tertiary/aromatic N) is 2. The predicted molar refractivity (Wildman–Crippen MR) is 90.0 cm³/mol.